The summed E-state index contributed by atoms with van der Waals surface area (Å²) in [5.41, 5.74) is 0.894. The van der Waals surface area contributed by atoms with Crippen molar-refractivity contribution in [3.63, 3.8) is 0 Å². The molecule has 1 spiro atoms. The highest BCUT2D eigenvalue weighted by atomic mass is 35.5. The Bertz CT molecular complexity index is 797. The molecule has 2 amide bonds. The van der Waals surface area contributed by atoms with Crippen LogP contribution in [0.1, 0.15) is 40.4 Å². The van der Waals surface area contributed by atoms with Crippen LogP contribution in [0.25, 0.3) is 0 Å². The molecule has 1 aromatic carbocycles. The number of carbonyl (C=O) groups excluding carboxylic acids is 2. The number of piperidine rings is 1. The predicted octanol–water partition coefficient (Wildman–Crippen LogP) is 3.68. The van der Waals surface area contributed by atoms with Gasteiger partial charge in [-0.2, -0.15) is 0 Å². The average Bonchev–Trinajstić information content (AvgIpc) is 3.20. The second-order valence-corrected chi connectivity index (χ2v) is 8.55. The van der Waals surface area contributed by atoms with Crippen molar-refractivity contribution in [3.05, 3.63) is 57.2 Å². The van der Waals surface area contributed by atoms with Crippen molar-refractivity contribution in [2.75, 3.05) is 13.1 Å². The molecule has 25 heavy (non-hydrogen) atoms. The molecule has 0 radical (unpaired) electrons. The standard InChI is InChI=1S/C19H19ClN2O2S/c20-16-7-6-15(25-16)18(24)22-10-8-19(9-11-22)12-14(17(23)21-19)13-4-2-1-3-5-13/h1-7,14H,8-12H2,(H,21,23). The van der Waals surface area contributed by atoms with Gasteiger partial charge in [-0.1, -0.05) is 41.9 Å². The maximum Gasteiger partial charge on any atom is 0.263 e. The molecular weight excluding hydrogens is 356 g/mol. The first-order valence-electron chi connectivity index (χ1n) is 8.48. The number of benzene rings is 1. The van der Waals surface area contributed by atoms with Gasteiger partial charge in [0.2, 0.25) is 5.91 Å². The van der Waals surface area contributed by atoms with Crippen LogP contribution >= 0.6 is 22.9 Å². The Balaban J connectivity index is 1.43. The molecule has 2 fully saturated rings. The quantitative estimate of drug-likeness (QED) is 0.871. The van der Waals surface area contributed by atoms with E-state index in [1.807, 2.05) is 35.2 Å². The van der Waals surface area contributed by atoms with Gasteiger partial charge >= 0.3 is 0 Å². The number of halogens is 1. The molecule has 1 aromatic heterocycles. The molecule has 3 heterocycles. The molecular formula is C19H19ClN2O2S. The van der Waals surface area contributed by atoms with E-state index in [0.29, 0.717) is 22.3 Å². The molecule has 6 heteroatoms. The van der Waals surface area contributed by atoms with E-state index in [2.05, 4.69) is 5.32 Å². The largest absolute Gasteiger partial charge is 0.350 e. The maximum atomic E-state index is 12.6. The minimum Gasteiger partial charge on any atom is -0.350 e. The highest BCUT2D eigenvalue weighted by Gasteiger charge is 2.46. The normalized spacial score (nSPS) is 22.2. The Morgan fingerprint density at radius 2 is 1.88 bits per heavy atom. The number of carbonyl (C=O) groups is 2. The molecule has 2 aliphatic heterocycles. The van der Waals surface area contributed by atoms with Crippen LogP contribution < -0.4 is 5.32 Å². The zero-order valence-electron chi connectivity index (χ0n) is 13.7. The van der Waals surface area contributed by atoms with E-state index in [-0.39, 0.29) is 23.3 Å². The molecule has 130 valence electrons. The van der Waals surface area contributed by atoms with Crippen molar-refractivity contribution < 1.29 is 9.59 Å². The number of thiophene rings is 1. The van der Waals surface area contributed by atoms with Gasteiger partial charge in [-0.15, -0.1) is 11.3 Å². The minimum absolute atomic E-state index is 0.0377. The van der Waals surface area contributed by atoms with Gasteiger partial charge in [-0.05, 0) is 37.0 Å². The van der Waals surface area contributed by atoms with E-state index in [4.69, 9.17) is 11.6 Å². The SMILES string of the molecule is O=C1NC2(CCN(C(=O)c3ccc(Cl)s3)CC2)CC1c1ccccc1. The van der Waals surface area contributed by atoms with Crippen molar-refractivity contribution in [1.29, 1.82) is 0 Å². The summed E-state index contributed by atoms with van der Waals surface area (Å²) < 4.78 is 0.630. The summed E-state index contributed by atoms with van der Waals surface area (Å²) in [5.74, 6) is 0.0613. The van der Waals surface area contributed by atoms with E-state index in [0.717, 1.165) is 24.8 Å². The number of nitrogens with one attached hydrogen (secondary N) is 1. The van der Waals surface area contributed by atoms with Crippen LogP contribution in [0.3, 0.4) is 0 Å². The first kappa shape index (κ1) is 16.6. The van der Waals surface area contributed by atoms with Crippen molar-refractivity contribution >= 4 is 34.8 Å². The first-order chi connectivity index (χ1) is 12.1. The van der Waals surface area contributed by atoms with Gasteiger partial charge in [0, 0.05) is 18.6 Å². The number of hydrogen-bond acceptors (Lipinski definition) is 3. The smallest absolute Gasteiger partial charge is 0.263 e. The van der Waals surface area contributed by atoms with Crippen LogP contribution in [0, 0.1) is 0 Å². The third kappa shape index (κ3) is 3.18. The van der Waals surface area contributed by atoms with Crippen molar-refractivity contribution in [1.82, 2.24) is 10.2 Å². The lowest BCUT2D eigenvalue weighted by Crippen LogP contribution is -2.52. The lowest BCUT2D eigenvalue weighted by atomic mass is 9.82. The summed E-state index contributed by atoms with van der Waals surface area (Å²) in [7, 11) is 0. The minimum atomic E-state index is -0.179. The molecule has 4 nitrogen and oxygen atoms in total. The summed E-state index contributed by atoms with van der Waals surface area (Å²) >= 11 is 7.25. The number of rotatable bonds is 2. The van der Waals surface area contributed by atoms with Gasteiger partial charge < -0.3 is 10.2 Å². The number of hydrogen-bond donors (Lipinski definition) is 1. The Labute approximate surface area is 155 Å². The second kappa shape index (κ2) is 6.46. The van der Waals surface area contributed by atoms with Gasteiger partial charge in [-0.3, -0.25) is 9.59 Å². The molecule has 2 aromatic rings. The molecule has 1 atom stereocenters. The summed E-state index contributed by atoms with van der Waals surface area (Å²) in [6.45, 7) is 1.33. The third-order valence-electron chi connectivity index (χ3n) is 5.29. The average molecular weight is 375 g/mol. The maximum absolute atomic E-state index is 12.6. The number of amides is 2. The van der Waals surface area contributed by atoms with Gasteiger partial charge in [0.1, 0.15) is 0 Å². The lowest BCUT2D eigenvalue weighted by Gasteiger charge is -2.39. The number of nitrogens with zero attached hydrogens (tertiary/aromatic N) is 1. The third-order valence-corrected chi connectivity index (χ3v) is 6.51. The van der Waals surface area contributed by atoms with Gasteiger partial charge in [0.05, 0.1) is 15.1 Å². The fourth-order valence-corrected chi connectivity index (χ4v) is 4.90. The lowest BCUT2D eigenvalue weighted by molar-refractivity contribution is -0.121. The highest BCUT2D eigenvalue weighted by molar-refractivity contribution is 7.17. The highest BCUT2D eigenvalue weighted by Crippen LogP contribution is 2.39. The zero-order chi connectivity index (χ0) is 17.4. The van der Waals surface area contributed by atoms with Crippen molar-refractivity contribution in [2.45, 2.75) is 30.7 Å². The van der Waals surface area contributed by atoms with E-state index < -0.39 is 0 Å². The van der Waals surface area contributed by atoms with E-state index in [1.54, 1.807) is 12.1 Å². The molecule has 1 unspecified atom stereocenters. The van der Waals surface area contributed by atoms with Crippen LogP contribution in [0.5, 0.6) is 0 Å². The van der Waals surface area contributed by atoms with Gasteiger partial charge in [-0.25, -0.2) is 0 Å². The second-order valence-electron chi connectivity index (χ2n) is 6.83. The van der Waals surface area contributed by atoms with Crippen LogP contribution in [-0.4, -0.2) is 35.3 Å². The predicted molar refractivity (Wildman–Crippen MR) is 99.1 cm³/mol. The molecule has 2 aliphatic rings. The summed E-state index contributed by atoms with van der Waals surface area (Å²) in [6.07, 6.45) is 2.41. The monoisotopic (exact) mass is 374 g/mol. The Morgan fingerprint density at radius 3 is 2.52 bits per heavy atom. The molecule has 1 N–H and O–H groups in total. The van der Waals surface area contributed by atoms with E-state index in [9.17, 15) is 9.59 Å². The fourth-order valence-electron chi connectivity index (χ4n) is 3.89. The molecule has 2 saturated heterocycles. The van der Waals surface area contributed by atoms with Crippen LogP contribution in [-0.2, 0) is 4.79 Å². The zero-order valence-corrected chi connectivity index (χ0v) is 15.3. The van der Waals surface area contributed by atoms with Gasteiger partial charge in [0.15, 0.2) is 0 Å². The van der Waals surface area contributed by atoms with E-state index in [1.165, 1.54) is 11.3 Å². The van der Waals surface area contributed by atoms with E-state index >= 15 is 0 Å². The summed E-state index contributed by atoms with van der Waals surface area (Å²) in [5, 5.41) is 3.23. The van der Waals surface area contributed by atoms with Crippen LogP contribution in [0.4, 0.5) is 0 Å². The molecule has 0 bridgehead atoms. The van der Waals surface area contributed by atoms with Crippen LogP contribution in [0.2, 0.25) is 4.34 Å². The van der Waals surface area contributed by atoms with Crippen molar-refractivity contribution in [3.8, 4) is 0 Å². The summed E-state index contributed by atoms with van der Waals surface area (Å²) in [6, 6.07) is 13.5. The van der Waals surface area contributed by atoms with Crippen LogP contribution in [0.15, 0.2) is 42.5 Å². The first-order valence-corrected chi connectivity index (χ1v) is 9.67. The molecule has 4 rings (SSSR count). The van der Waals surface area contributed by atoms with Crippen molar-refractivity contribution in [2.24, 2.45) is 0 Å². The van der Waals surface area contributed by atoms with Gasteiger partial charge in [0.25, 0.3) is 5.91 Å². The number of likely N-dealkylation sites (tertiary alicyclic amines) is 1. The molecule has 0 aliphatic carbocycles. The fraction of sp³-hybridized carbons (Fsp3) is 0.368. The topological polar surface area (TPSA) is 49.4 Å². The molecule has 0 saturated carbocycles. The Morgan fingerprint density at radius 1 is 1.16 bits per heavy atom. The summed E-state index contributed by atoms with van der Waals surface area (Å²) in [4.78, 5) is 27.6. The Hall–Kier alpha value is -1.85. The Kier molecular flexibility index (Phi) is 4.29.